The van der Waals surface area contributed by atoms with E-state index in [1.807, 2.05) is 24.3 Å². The molecule has 132 valence electrons. The van der Waals surface area contributed by atoms with Crippen LogP contribution in [0.4, 0.5) is 10.5 Å². The monoisotopic (exact) mass is 406 g/mol. The Morgan fingerprint density at radius 2 is 2.00 bits per heavy atom. The molecule has 1 aliphatic rings. The van der Waals surface area contributed by atoms with Crippen LogP contribution in [0.3, 0.4) is 0 Å². The molecule has 1 N–H and O–H groups in total. The van der Waals surface area contributed by atoms with Gasteiger partial charge in [0.05, 0.1) is 18.1 Å². The second-order valence-corrected chi connectivity index (χ2v) is 6.59. The van der Waals surface area contributed by atoms with Crippen molar-refractivity contribution in [1.29, 1.82) is 0 Å². The van der Waals surface area contributed by atoms with Gasteiger partial charge in [-0.2, -0.15) is 0 Å². The minimum Gasteiger partial charge on any atom is -0.497 e. The number of anilines is 1. The van der Waals surface area contributed by atoms with E-state index in [9.17, 15) is 4.79 Å². The second kappa shape index (κ2) is 8.15. The van der Waals surface area contributed by atoms with Crippen molar-refractivity contribution in [3.8, 4) is 11.8 Å². The van der Waals surface area contributed by atoms with Gasteiger partial charge in [-0.25, -0.2) is 14.8 Å². The Morgan fingerprint density at radius 1 is 1.28 bits per heavy atom. The maximum atomic E-state index is 12.5. The number of urea groups is 1. The summed E-state index contributed by atoms with van der Waals surface area (Å²) in [6.07, 6.45) is 4.90. The summed E-state index contributed by atoms with van der Waals surface area (Å²) in [5, 5.41) is 2.89. The number of halogens is 1. The highest BCUT2D eigenvalue weighted by molar-refractivity contribution is 9.10. The fourth-order valence-electron chi connectivity index (χ4n) is 2.61. The zero-order chi connectivity index (χ0) is 17.6. The van der Waals surface area contributed by atoms with Crippen molar-refractivity contribution in [3.05, 3.63) is 41.1 Å². The molecule has 2 aromatic rings. The van der Waals surface area contributed by atoms with Crippen LogP contribution >= 0.6 is 15.9 Å². The zero-order valence-electron chi connectivity index (χ0n) is 13.8. The molecule has 1 fully saturated rings. The molecule has 1 atom stereocenters. The van der Waals surface area contributed by atoms with Crippen LogP contribution < -0.4 is 14.8 Å². The molecule has 8 heteroatoms. The predicted octanol–water partition coefficient (Wildman–Crippen LogP) is 3.32. The fraction of sp³-hybridized carbons (Fsp3) is 0.353. The van der Waals surface area contributed by atoms with E-state index in [0.29, 0.717) is 19.1 Å². The van der Waals surface area contributed by atoms with Crippen molar-refractivity contribution in [1.82, 2.24) is 14.9 Å². The average Bonchev–Trinajstić information content (AvgIpc) is 2.64. The molecule has 3 rings (SSSR count). The van der Waals surface area contributed by atoms with E-state index in [0.717, 1.165) is 28.8 Å². The number of rotatable bonds is 4. The van der Waals surface area contributed by atoms with Crippen LogP contribution in [0.1, 0.15) is 12.8 Å². The summed E-state index contributed by atoms with van der Waals surface area (Å²) in [7, 11) is 1.61. The van der Waals surface area contributed by atoms with Crippen LogP contribution in [0, 0.1) is 0 Å². The van der Waals surface area contributed by atoms with Gasteiger partial charge in [0.25, 0.3) is 0 Å². The van der Waals surface area contributed by atoms with Crippen LogP contribution in [0.5, 0.6) is 11.8 Å². The first-order valence-corrected chi connectivity index (χ1v) is 8.77. The summed E-state index contributed by atoms with van der Waals surface area (Å²) in [5.41, 5.74) is 0.727. The molecule has 7 nitrogen and oxygen atoms in total. The molecule has 0 aliphatic carbocycles. The van der Waals surface area contributed by atoms with Gasteiger partial charge in [-0.15, -0.1) is 0 Å². The highest BCUT2D eigenvalue weighted by atomic mass is 79.9. The minimum absolute atomic E-state index is 0.114. The molecule has 1 aromatic carbocycles. The summed E-state index contributed by atoms with van der Waals surface area (Å²) in [6.45, 7) is 1.20. The number of likely N-dealkylation sites (tertiary alicyclic amines) is 1. The van der Waals surface area contributed by atoms with Crippen molar-refractivity contribution < 1.29 is 14.3 Å². The van der Waals surface area contributed by atoms with Crippen molar-refractivity contribution in [3.63, 3.8) is 0 Å². The number of carbonyl (C=O) groups excluding carboxylic acids is 1. The van der Waals surface area contributed by atoms with Gasteiger partial charge in [0.2, 0.25) is 0 Å². The van der Waals surface area contributed by atoms with E-state index in [1.165, 1.54) is 0 Å². The van der Waals surface area contributed by atoms with Gasteiger partial charge in [0, 0.05) is 24.6 Å². The van der Waals surface area contributed by atoms with E-state index >= 15 is 0 Å². The number of carbonyl (C=O) groups is 1. The lowest BCUT2D eigenvalue weighted by Crippen LogP contribution is -2.46. The summed E-state index contributed by atoms with van der Waals surface area (Å²) >= 11 is 3.29. The molecule has 0 saturated carbocycles. The van der Waals surface area contributed by atoms with Gasteiger partial charge in [-0.05, 0) is 53.0 Å². The number of amides is 2. The number of nitrogens with zero attached hydrogens (tertiary/aromatic N) is 3. The Morgan fingerprint density at radius 3 is 2.68 bits per heavy atom. The number of ether oxygens (including phenoxy) is 2. The highest BCUT2D eigenvalue weighted by Crippen LogP contribution is 2.19. The summed E-state index contributed by atoms with van der Waals surface area (Å²) in [6, 6.07) is 7.42. The Labute approximate surface area is 154 Å². The molecule has 1 aromatic heterocycles. The number of piperidine rings is 1. The zero-order valence-corrected chi connectivity index (χ0v) is 15.4. The number of benzene rings is 1. The standard InChI is InChI=1S/C17H19BrN4O3/c1-24-14-6-4-13(5-7-14)21-17(23)22-8-2-3-15(11-22)25-16-19-9-12(18)10-20-16/h4-7,9-10,15H,2-3,8,11H2,1H3,(H,21,23). The van der Waals surface area contributed by atoms with Gasteiger partial charge in [-0.3, -0.25) is 0 Å². The number of aromatic nitrogens is 2. The molecule has 25 heavy (non-hydrogen) atoms. The summed E-state index contributed by atoms with van der Waals surface area (Å²) < 4.78 is 11.7. The quantitative estimate of drug-likeness (QED) is 0.842. The average molecular weight is 407 g/mol. The maximum Gasteiger partial charge on any atom is 0.321 e. The Hall–Kier alpha value is -2.35. The van der Waals surface area contributed by atoms with Crippen LogP contribution in [-0.4, -0.2) is 47.2 Å². The number of methoxy groups -OCH3 is 1. The molecule has 0 spiro atoms. The van der Waals surface area contributed by atoms with Gasteiger partial charge in [0.15, 0.2) is 0 Å². The third kappa shape index (κ3) is 4.82. The van der Waals surface area contributed by atoms with Gasteiger partial charge < -0.3 is 19.7 Å². The Kier molecular flexibility index (Phi) is 5.70. The van der Waals surface area contributed by atoms with Crippen LogP contribution in [0.25, 0.3) is 0 Å². The van der Waals surface area contributed by atoms with Gasteiger partial charge in [0.1, 0.15) is 11.9 Å². The Balaban J connectivity index is 1.56. The number of nitrogens with one attached hydrogen (secondary N) is 1. The smallest absolute Gasteiger partial charge is 0.321 e. The molecule has 0 radical (unpaired) electrons. The second-order valence-electron chi connectivity index (χ2n) is 5.67. The largest absolute Gasteiger partial charge is 0.497 e. The number of hydrogen-bond donors (Lipinski definition) is 1. The maximum absolute atomic E-state index is 12.5. The minimum atomic E-state index is -0.143. The summed E-state index contributed by atoms with van der Waals surface area (Å²) in [5.74, 6) is 0.749. The lowest BCUT2D eigenvalue weighted by atomic mass is 10.1. The van der Waals surface area contributed by atoms with E-state index in [4.69, 9.17) is 9.47 Å². The summed E-state index contributed by atoms with van der Waals surface area (Å²) in [4.78, 5) is 22.4. The van der Waals surface area contributed by atoms with E-state index in [2.05, 4.69) is 31.2 Å². The van der Waals surface area contributed by atoms with Crippen LogP contribution in [-0.2, 0) is 0 Å². The topological polar surface area (TPSA) is 76.6 Å². The van der Waals surface area contributed by atoms with Crippen LogP contribution in [0.2, 0.25) is 0 Å². The van der Waals surface area contributed by atoms with Crippen molar-refractivity contribution in [2.45, 2.75) is 18.9 Å². The third-order valence-electron chi connectivity index (χ3n) is 3.88. The molecule has 1 saturated heterocycles. The lowest BCUT2D eigenvalue weighted by molar-refractivity contribution is 0.0982. The lowest BCUT2D eigenvalue weighted by Gasteiger charge is -2.32. The van der Waals surface area contributed by atoms with E-state index in [-0.39, 0.29) is 12.1 Å². The van der Waals surface area contributed by atoms with Gasteiger partial charge >= 0.3 is 12.0 Å². The molecular formula is C17H19BrN4O3. The third-order valence-corrected chi connectivity index (χ3v) is 4.28. The molecule has 0 bridgehead atoms. The van der Waals surface area contributed by atoms with E-state index < -0.39 is 0 Å². The molecule has 2 heterocycles. The first kappa shape index (κ1) is 17.5. The SMILES string of the molecule is COc1ccc(NC(=O)N2CCCC(Oc3ncc(Br)cn3)C2)cc1. The van der Waals surface area contributed by atoms with Crippen molar-refractivity contribution >= 4 is 27.6 Å². The number of hydrogen-bond acceptors (Lipinski definition) is 5. The first-order valence-electron chi connectivity index (χ1n) is 7.98. The highest BCUT2D eigenvalue weighted by Gasteiger charge is 2.25. The molecular weight excluding hydrogens is 388 g/mol. The Bertz CT molecular complexity index is 709. The fourth-order valence-corrected chi connectivity index (χ4v) is 2.81. The predicted molar refractivity (Wildman–Crippen MR) is 97.0 cm³/mol. The molecule has 1 unspecified atom stereocenters. The molecule has 2 amide bonds. The van der Waals surface area contributed by atoms with Crippen molar-refractivity contribution in [2.24, 2.45) is 0 Å². The van der Waals surface area contributed by atoms with Gasteiger partial charge in [-0.1, -0.05) is 0 Å². The first-order chi connectivity index (χ1) is 12.1. The van der Waals surface area contributed by atoms with E-state index in [1.54, 1.807) is 24.4 Å². The van der Waals surface area contributed by atoms with Crippen molar-refractivity contribution in [2.75, 3.05) is 25.5 Å². The normalized spacial score (nSPS) is 17.0. The van der Waals surface area contributed by atoms with Crippen LogP contribution in [0.15, 0.2) is 41.1 Å². The molecule has 1 aliphatic heterocycles.